The van der Waals surface area contributed by atoms with Crippen molar-refractivity contribution < 1.29 is 17.6 Å². The molecule has 0 saturated heterocycles. The van der Waals surface area contributed by atoms with Gasteiger partial charge >= 0.3 is 6.18 Å². The average Bonchev–Trinajstić information content (AvgIpc) is 2.68. The monoisotopic (exact) mass is 288 g/mol. The Hall–Kier alpha value is -2.12. The minimum atomic E-state index is -4.51. The molecule has 8 heteroatoms. The van der Waals surface area contributed by atoms with Crippen molar-refractivity contribution in [2.24, 2.45) is 7.05 Å². The summed E-state index contributed by atoms with van der Waals surface area (Å²) in [5, 5.41) is 10.2. The highest BCUT2D eigenvalue weighted by Gasteiger charge is 2.31. The van der Waals surface area contributed by atoms with Gasteiger partial charge in [0.2, 0.25) is 0 Å². The van der Waals surface area contributed by atoms with Crippen LogP contribution in [0.25, 0.3) is 0 Å². The Morgan fingerprint density at radius 2 is 1.95 bits per heavy atom. The molecule has 1 N–H and O–H groups in total. The van der Waals surface area contributed by atoms with E-state index in [4.69, 9.17) is 0 Å². The minimum absolute atomic E-state index is 0.0789. The lowest BCUT2D eigenvalue weighted by Gasteiger charge is -2.11. The van der Waals surface area contributed by atoms with Crippen molar-refractivity contribution in [1.29, 1.82) is 0 Å². The molecule has 2 aromatic rings. The molecule has 0 atom stereocenters. The van der Waals surface area contributed by atoms with Gasteiger partial charge in [-0.05, 0) is 25.1 Å². The minimum Gasteiger partial charge on any atom is -0.375 e. The van der Waals surface area contributed by atoms with Gasteiger partial charge in [0.15, 0.2) is 5.82 Å². The quantitative estimate of drug-likeness (QED) is 0.883. The zero-order chi connectivity index (χ0) is 14.9. The van der Waals surface area contributed by atoms with Gasteiger partial charge in [0.1, 0.15) is 11.6 Å². The van der Waals surface area contributed by atoms with Gasteiger partial charge < -0.3 is 9.88 Å². The van der Waals surface area contributed by atoms with E-state index in [1.807, 2.05) is 0 Å². The highest BCUT2D eigenvalue weighted by Crippen LogP contribution is 2.31. The van der Waals surface area contributed by atoms with Crippen LogP contribution >= 0.6 is 0 Å². The normalized spacial score (nSPS) is 11.7. The first-order valence-corrected chi connectivity index (χ1v) is 5.74. The van der Waals surface area contributed by atoms with Crippen LogP contribution in [0.4, 0.5) is 23.2 Å². The molecule has 0 radical (unpaired) electrons. The molecule has 0 aliphatic carbocycles. The third-order valence-electron chi connectivity index (χ3n) is 2.91. The van der Waals surface area contributed by atoms with E-state index >= 15 is 0 Å². The Bertz CT molecular complexity index is 618. The first-order chi connectivity index (χ1) is 9.29. The maximum Gasteiger partial charge on any atom is 0.416 e. The summed E-state index contributed by atoms with van der Waals surface area (Å²) in [4.78, 5) is 0. The van der Waals surface area contributed by atoms with Crippen molar-refractivity contribution in [3.63, 3.8) is 0 Å². The number of aryl methyl sites for hydroxylation is 1. The molecule has 0 spiro atoms. The molecular weight excluding hydrogens is 276 g/mol. The first kappa shape index (κ1) is 14.3. The van der Waals surface area contributed by atoms with E-state index in [9.17, 15) is 17.6 Å². The van der Waals surface area contributed by atoms with Gasteiger partial charge in [-0.25, -0.2) is 4.39 Å². The Balaban J connectivity index is 2.19. The molecule has 20 heavy (non-hydrogen) atoms. The largest absolute Gasteiger partial charge is 0.416 e. The second-order valence-corrected chi connectivity index (χ2v) is 4.27. The molecular formula is C12H12F4N4. The molecule has 1 aromatic carbocycles. The molecule has 0 aliphatic heterocycles. The molecule has 0 bridgehead atoms. The van der Waals surface area contributed by atoms with Crippen LogP contribution in [0.1, 0.15) is 17.2 Å². The summed E-state index contributed by atoms with van der Waals surface area (Å²) < 4.78 is 52.8. The van der Waals surface area contributed by atoms with Crippen LogP contribution in [0.3, 0.4) is 0 Å². The van der Waals surface area contributed by atoms with Crippen LogP contribution in [0.15, 0.2) is 18.2 Å². The molecule has 0 unspecified atom stereocenters. The lowest BCUT2D eigenvalue weighted by molar-refractivity contribution is -0.137. The van der Waals surface area contributed by atoms with Gasteiger partial charge in [0.05, 0.1) is 17.8 Å². The summed E-state index contributed by atoms with van der Waals surface area (Å²) in [5.41, 5.74) is -1.13. The third-order valence-corrected chi connectivity index (χ3v) is 2.91. The van der Waals surface area contributed by atoms with Crippen molar-refractivity contribution in [1.82, 2.24) is 14.8 Å². The van der Waals surface area contributed by atoms with Crippen LogP contribution in [0.5, 0.6) is 0 Å². The van der Waals surface area contributed by atoms with Gasteiger partial charge in [-0.3, -0.25) is 0 Å². The maximum absolute atomic E-state index is 13.5. The second kappa shape index (κ2) is 5.10. The highest BCUT2D eigenvalue weighted by molar-refractivity contribution is 5.48. The van der Waals surface area contributed by atoms with Gasteiger partial charge in [0, 0.05) is 7.05 Å². The fraction of sp³-hybridized carbons (Fsp3) is 0.333. The number of benzene rings is 1. The summed E-state index contributed by atoms with van der Waals surface area (Å²) >= 11 is 0. The number of nitrogens with zero attached hydrogens (tertiary/aromatic N) is 3. The average molecular weight is 288 g/mol. The number of alkyl halides is 3. The van der Waals surface area contributed by atoms with E-state index in [2.05, 4.69) is 15.5 Å². The fourth-order valence-corrected chi connectivity index (χ4v) is 1.62. The predicted molar refractivity (Wildman–Crippen MR) is 64.5 cm³/mol. The smallest absolute Gasteiger partial charge is 0.375 e. The second-order valence-electron chi connectivity index (χ2n) is 4.27. The summed E-state index contributed by atoms with van der Waals surface area (Å²) in [7, 11) is 1.72. The Labute approximate surface area is 112 Å². The van der Waals surface area contributed by atoms with E-state index in [1.165, 1.54) is 0 Å². The number of hydrogen-bond donors (Lipinski definition) is 1. The Kier molecular flexibility index (Phi) is 3.65. The number of aromatic nitrogens is 3. The third kappa shape index (κ3) is 2.89. The molecule has 2 rings (SSSR count). The highest BCUT2D eigenvalue weighted by atomic mass is 19.4. The zero-order valence-corrected chi connectivity index (χ0v) is 10.8. The summed E-state index contributed by atoms with van der Waals surface area (Å²) in [5.74, 6) is 0.405. The number of anilines is 1. The molecule has 1 aromatic heterocycles. The Morgan fingerprint density at radius 1 is 1.25 bits per heavy atom. The molecule has 108 valence electrons. The maximum atomic E-state index is 13.5. The lowest BCUT2D eigenvalue weighted by Crippen LogP contribution is -2.10. The van der Waals surface area contributed by atoms with Crippen molar-refractivity contribution in [3.05, 3.63) is 41.2 Å². The zero-order valence-electron chi connectivity index (χ0n) is 10.8. The fourth-order valence-electron chi connectivity index (χ4n) is 1.62. The van der Waals surface area contributed by atoms with Crippen LogP contribution in [-0.4, -0.2) is 14.8 Å². The molecule has 1 heterocycles. The van der Waals surface area contributed by atoms with Crippen LogP contribution < -0.4 is 5.32 Å². The number of nitrogens with one attached hydrogen (secondary N) is 1. The van der Waals surface area contributed by atoms with E-state index in [1.54, 1.807) is 18.5 Å². The van der Waals surface area contributed by atoms with Crippen molar-refractivity contribution in [3.8, 4) is 0 Å². The van der Waals surface area contributed by atoms with E-state index in [0.717, 1.165) is 12.1 Å². The van der Waals surface area contributed by atoms with E-state index in [0.29, 0.717) is 17.7 Å². The van der Waals surface area contributed by atoms with Gasteiger partial charge in [-0.15, -0.1) is 10.2 Å². The van der Waals surface area contributed by atoms with Crippen molar-refractivity contribution >= 4 is 5.69 Å². The molecule has 0 amide bonds. The number of halogens is 4. The summed E-state index contributed by atoms with van der Waals surface area (Å²) in [6.45, 7) is 1.82. The summed E-state index contributed by atoms with van der Waals surface area (Å²) in [6, 6.07) is 2.22. The van der Waals surface area contributed by atoms with E-state index < -0.39 is 17.6 Å². The van der Waals surface area contributed by atoms with Crippen molar-refractivity contribution in [2.75, 3.05) is 5.32 Å². The topological polar surface area (TPSA) is 42.7 Å². The molecule has 0 aliphatic rings. The number of hydrogen-bond acceptors (Lipinski definition) is 3. The molecule has 0 saturated carbocycles. The summed E-state index contributed by atoms with van der Waals surface area (Å²) in [6.07, 6.45) is -4.51. The predicted octanol–water partition coefficient (Wildman–Crippen LogP) is 2.89. The van der Waals surface area contributed by atoms with Gasteiger partial charge in [0.25, 0.3) is 0 Å². The van der Waals surface area contributed by atoms with Crippen LogP contribution in [-0.2, 0) is 19.8 Å². The molecule has 4 nitrogen and oxygen atoms in total. The van der Waals surface area contributed by atoms with Crippen LogP contribution in [0, 0.1) is 12.7 Å². The SMILES string of the molecule is Cc1nnc(CNc2cc(C(F)(F)F)ccc2F)n1C. The Morgan fingerprint density at radius 3 is 2.50 bits per heavy atom. The van der Waals surface area contributed by atoms with Gasteiger partial charge in [-0.1, -0.05) is 0 Å². The molecule has 0 fully saturated rings. The first-order valence-electron chi connectivity index (χ1n) is 5.74. The standard InChI is InChI=1S/C12H12F4N4/c1-7-18-19-11(20(7)2)6-17-10-5-8(12(14,15)16)3-4-9(10)13/h3-5,17H,6H2,1-2H3. The van der Waals surface area contributed by atoms with E-state index in [-0.39, 0.29) is 12.2 Å². The van der Waals surface area contributed by atoms with Crippen LogP contribution in [0.2, 0.25) is 0 Å². The lowest BCUT2D eigenvalue weighted by atomic mass is 10.2. The number of rotatable bonds is 3. The van der Waals surface area contributed by atoms with Crippen molar-refractivity contribution in [2.45, 2.75) is 19.6 Å². The van der Waals surface area contributed by atoms with Gasteiger partial charge in [-0.2, -0.15) is 13.2 Å².